The van der Waals surface area contributed by atoms with Crippen molar-refractivity contribution in [2.45, 2.75) is 37.9 Å². The first-order valence-corrected chi connectivity index (χ1v) is 8.73. The smallest absolute Gasteiger partial charge is 0.243 e. The van der Waals surface area contributed by atoms with E-state index in [4.69, 9.17) is 16.3 Å². The van der Waals surface area contributed by atoms with E-state index in [1.54, 1.807) is 13.0 Å². The van der Waals surface area contributed by atoms with Gasteiger partial charge in [-0.15, -0.1) is 0 Å². The van der Waals surface area contributed by atoms with Gasteiger partial charge in [0.05, 0.1) is 24.2 Å². The molecular formula is C14H20ClNO4S. The largest absolute Gasteiger partial charge is 0.392 e. The van der Waals surface area contributed by atoms with Crippen molar-refractivity contribution in [3.63, 3.8) is 0 Å². The lowest BCUT2D eigenvalue weighted by Gasteiger charge is -2.32. The number of halogens is 1. The van der Waals surface area contributed by atoms with Crippen molar-refractivity contribution >= 4 is 21.6 Å². The summed E-state index contributed by atoms with van der Waals surface area (Å²) >= 11 is 5.98. The lowest BCUT2D eigenvalue weighted by molar-refractivity contribution is -0.00279. The van der Waals surface area contributed by atoms with Crippen LogP contribution in [-0.4, -0.2) is 43.6 Å². The molecule has 0 bridgehead atoms. The van der Waals surface area contributed by atoms with Gasteiger partial charge in [0.25, 0.3) is 0 Å². The van der Waals surface area contributed by atoms with Crippen LogP contribution < -0.4 is 0 Å². The van der Waals surface area contributed by atoms with E-state index >= 15 is 0 Å². The highest BCUT2D eigenvalue weighted by Crippen LogP contribution is 2.28. The summed E-state index contributed by atoms with van der Waals surface area (Å²) in [6.45, 7) is 4.49. The van der Waals surface area contributed by atoms with Crippen LogP contribution in [0.4, 0.5) is 0 Å². The normalized spacial score (nSPS) is 20.7. The van der Waals surface area contributed by atoms with E-state index in [9.17, 15) is 13.5 Å². The first-order valence-electron chi connectivity index (χ1n) is 6.91. The molecule has 1 saturated heterocycles. The SMILES string of the molecule is CCC1CN(S(=O)(=O)c2cc(Cl)cc(CO)c2C)CCO1. The zero-order chi connectivity index (χ0) is 15.6. The van der Waals surface area contributed by atoms with Gasteiger partial charge in [0.1, 0.15) is 0 Å². The Balaban J connectivity index is 2.42. The fourth-order valence-electron chi connectivity index (χ4n) is 2.44. The Hall–Kier alpha value is -0.660. The van der Waals surface area contributed by atoms with Crippen LogP contribution in [-0.2, 0) is 21.4 Å². The van der Waals surface area contributed by atoms with Gasteiger partial charge in [0, 0.05) is 18.1 Å². The van der Waals surface area contributed by atoms with Crippen molar-refractivity contribution in [3.05, 3.63) is 28.3 Å². The van der Waals surface area contributed by atoms with Gasteiger partial charge in [-0.05, 0) is 36.6 Å². The van der Waals surface area contributed by atoms with Gasteiger partial charge in [-0.3, -0.25) is 0 Å². The van der Waals surface area contributed by atoms with Crippen molar-refractivity contribution in [1.29, 1.82) is 0 Å². The number of sulfonamides is 1. The quantitative estimate of drug-likeness (QED) is 0.914. The Bertz CT molecular complexity index is 618. The second-order valence-corrected chi connectivity index (χ2v) is 7.45. The Morgan fingerprint density at radius 2 is 2.19 bits per heavy atom. The molecular weight excluding hydrogens is 314 g/mol. The number of ether oxygens (including phenoxy) is 1. The second kappa shape index (κ2) is 6.62. The van der Waals surface area contributed by atoms with Crippen LogP contribution in [0.1, 0.15) is 24.5 Å². The fourth-order valence-corrected chi connectivity index (χ4v) is 4.49. The number of aliphatic hydroxyl groups excluding tert-OH is 1. The molecule has 0 saturated carbocycles. The van der Waals surface area contributed by atoms with Crippen molar-refractivity contribution in [1.82, 2.24) is 4.31 Å². The summed E-state index contributed by atoms with van der Waals surface area (Å²) in [5.41, 5.74) is 1.07. The van der Waals surface area contributed by atoms with Gasteiger partial charge in [-0.1, -0.05) is 18.5 Å². The standard InChI is InChI=1S/C14H20ClNO4S/c1-3-13-8-16(4-5-20-13)21(18,19)14-7-12(15)6-11(9-17)10(14)2/h6-7,13,17H,3-5,8-9H2,1-2H3. The number of hydrogen-bond acceptors (Lipinski definition) is 4. The van der Waals surface area contributed by atoms with Crippen LogP contribution in [0.5, 0.6) is 0 Å². The van der Waals surface area contributed by atoms with E-state index in [1.807, 2.05) is 6.92 Å². The van der Waals surface area contributed by atoms with Gasteiger partial charge < -0.3 is 9.84 Å². The molecule has 118 valence electrons. The van der Waals surface area contributed by atoms with Gasteiger partial charge in [-0.2, -0.15) is 4.31 Å². The maximum atomic E-state index is 12.8. The van der Waals surface area contributed by atoms with Gasteiger partial charge >= 0.3 is 0 Å². The van der Waals surface area contributed by atoms with E-state index in [1.165, 1.54) is 10.4 Å². The number of benzene rings is 1. The molecule has 1 aliphatic heterocycles. The second-order valence-electron chi connectivity index (χ2n) is 5.11. The van der Waals surface area contributed by atoms with Crippen LogP contribution >= 0.6 is 11.6 Å². The topological polar surface area (TPSA) is 66.8 Å². The summed E-state index contributed by atoms with van der Waals surface area (Å²) in [6, 6.07) is 3.03. The zero-order valence-corrected chi connectivity index (χ0v) is 13.7. The minimum atomic E-state index is -3.63. The summed E-state index contributed by atoms with van der Waals surface area (Å²) in [6.07, 6.45) is 0.688. The van der Waals surface area contributed by atoms with E-state index in [2.05, 4.69) is 0 Å². The van der Waals surface area contributed by atoms with Crippen LogP contribution in [0.2, 0.25) is 5.02 Å². The molecule has 0 amide bonds. The molecule has 1 N–H and O–H groups in total. The monoisotopic (exact) mass is 333 g/mol. The molecule has 1 unspecified atom stereocenters. The number of aliphatic hydroxyl groups is 1. The van der Waals surface area contributed by atoms with Crippen LogP contribution in [0.3, 0.4) is 0 Å². The molecule has 0 aromatic heterocycles. The Kier molecular flexibility index (Phi) is 5.27. The molecule has 5 nitrogen and oxygen atoms in total. The molecule has 1 aromatic carbocycles. The molecule has 1 aromatic rings. The molecule has 1 heterocycles. The Morgan fingerprint density at radius 3 is 2.81 bits per heavy atom. The summed E-state index contributed by atoms with van der Waals surface area (Å²) in [7, 11) is -3.63. The van der Waals surface area contributed by atoms with E-state index in [0.717, 1.165) is 6.42 Å². The summed E-state index contributed by atoms with van der Waals surface area (Å²) < 4.78 is 32.6. The molecule has 1 fully saturated rings. The first-order chi connectivity index (χ1) is 9.90. The number of nitrogens with zero attached hydrogens (tertiary/aromatic N) is 1. The molecule has 1 aliphatic rings. The van der Waals surface area contributed by atoms with Crippen molar-refractivity contribution in [3.8, 4) is 0 Å². The molecule has 2 rings (SSSR count). The molecule has 1 atom stereocenters. The third kappa shape index (κ3) is 3.40. The maximum absolute atomic E-state index is 12.8. The third-order valence-electron chi connectivity index (χ3n) is 3.78. The highest BCUT2D eigenvalue weighted by molar-refractivity contribution is 7.89. The molecule has 0 spiro atoms. The highest BCUT2D eigenvalue weighted by Gasteiger charge is 2.31. The Morgan fingerprint density at radius 1 is 1.48 bits per heavy atom. The van der Waals surface area contributed by atoms with Crippen LogP contribution in [0.25, 0.3) is 0 Å². The molecule has 21 heavy (non-hydrogen) atoms. The first kappa shape index (κ1) is 16.7. The number of hydrogen-bond donors (Lipinski definition) is 1. The Labute approximate surface area is 130 Å². The van der Waals surface area contributed by atoms with Crippen LogP contribution in [0.15, 0.2) is 17.0 Å². The number of rotatable bonds is 4. The van der Waals surface area contributed by atoms with Crippen molar-refractivity contribution < 1.29 is 18.3 Å². The molecule has 0 radical (unpaired) electrons. The van der Waals surface area contributed by atoms with E-state index in [0.29, 0.717) is 35.8 Å². The molecule has 0 aliphatic carbocycles. The fraction of sp³-hybridized carbons (Fsp3) is 0.571. The predicted molar refractivity (Wildman–Crippen MR) is 80.9 cm³/mol. The highest BCUT2D eigenvalue weighted by atomic mass is 35.5. The van der Waals surface area contributed by atoms with E-state index in [-0.39, 0.29) is 17.6 Å². The maximum Gasteiger partial charge on any atom is 0.243 e. The molecule has 7 heteroatoms. The lowest BCUT2D eigenvalue weighted by Crippen LogP contribution is -2.45. The van der Waals surface area contributed by atoms with Crippen LogP contribution in [0, 0.1) is 6.92 Å². The summed E-state index contributed by atoms with van der Waals surface area (Å²) in [5.74, 6) is 0. The average molecular weight is 334 g/mol. The summed E-state index contributed by atoms with van der Waals surface area (Å²) in [5, 5.41) is 9.65. The zero-order valence-electron chi connectivity index (χ0n) is 12.2. The minimum Gasteiger partial charge on any atom is -0.392 e. The van der Waals surface area contributed by atoms with Gasteiger partial charge in [-0.25, -0.2) is 8.42 Å². The van der Waals surface area contributed by atoms with Gasteiger partial charge in [0.2, 0.25) is 10.0 Å². The van der Waals surface area contributed by atoms with Crippen molar-refractivity contribution in [2.24, 2.45) is 0 Å². The predicted octanol–water partition coefficient (Wildman–Crippen LogP) is 1.94. The number of morpholine rings is 1. The minimum absolute atomic E-state index is 0.0784. The average Bonchev–Trinajstić information content (AvgIpc) is 2.49. The van der Waals surface area contributed by atoms with Crippen molar-refractivity contribution in [2.75, 3.05) is 19.7 Å². The van der Waals surface area contributed by atoms with Gasteiger partial charge in [0.15, 0.2) is 0 Å². The summed E-state index contributed by atoms with van der Waals surface area (Å²) in [4.78, 5) is 0.163. The third-order valence-corrected chi connectivity index (χ3v) is 5.99. The van der Waals surface area contributed by atoms with E-state index < -0.39 is 10.0 Å². The lowest BCUT2D eigenvalue weighted by atomic mass is 10.1.